The Morgan fingerprint density at radius 1 is 0.284 bits per heavy atom. The summed E-state index contributed by atoms with van der Waals surface area (Å²) in [5.41, 5.74) is 0. The zero-order chi connectivity index (χ0) is 53.6. The van der Waals surface area contributed by atoms with Crippen molar-refractivity contribution in [2.75, 3.05) is 13.2 Å². The standard InChI is InChI=1S/C68H114O6/c1-4-7-10-13-16-19-22-24-26-28-30-31-32-33-34-35-36-37-39-40-42-44-46-49-52-55-58-61-67(70)73-64-65(63-72-66(69)60-57-54-51-48-21-18-15-12-9-6-3)74-68(71)62-59-56-53-50-47-45-43-41-38-29-27-25-23-20-17-14-11-8-5-2/h7,10,16-17,19-20,24-27,30-31,33-34,36-38,41,65H,4-6,8-9,11-15,18,21-23,28-29,32,35,39-40,42-64H2,1-3H3/b10-7-,19-16-,20-17-,26-24-,27-25-,31-30-,34-33-,37-36-,41-38-. The lowest BCUT2D eigenvalue weighted by molar-refractivity contribution is -0.167. The van der Waals surface area contributed by atoms with E-state index in [1.807, 2.05) is 0 Å². The van der Waals surface area contributed by atoms with Crippen LogP contribution >= 0.6 is 0 Å². The van der Waals surface area contributed by atoms with Gasteiger partial charge in [0.25, 0.3) is 0 Å². The summed E-state index contributed by atoms with van der Waals surface area (Å²) in [6.45, 7) is 6.48. The highest BCUT2D eigenvalue weighted by atomic mass is 16.6. The number of ether oxygens (including phenoxy) is 3. The highest BCUT2D eigenvalue weighted by Gasteiger charge is 2.19. The Kier molecular flexibility index (Phi) is 58.3. The van der Waals surface area contributed by atoms with Crippen molar-refractivity contribution < 1.29 is 28.6 Å². The van der Waals surface area contributed by atoms with Gasteiger partial charge in [0.15, 0.2) is 6.10 Å². The van der Waals surface area contributed by atoms with Gasteiger partial charge in [-0.25, -0.2) is 0 Å². The van der Waals surface area contributed by atoms with Crippen molar-refractivity contribution in [3.8, 4) is 0 Å². The second kappa shape index (κ2) is 61.6. The number of unbranched alkanes of at least 4 members (excludes halogenated alkanes) is 26. The molecule has 422 valence electrons. The predicted octanol–water partition coefficient (Wildman–Crippen LogP) is 21.0. The fraction of sp³-hybridized carbons (Fsp3) is 0.691. The number of carbonyl (C=O) groups is 3. The first-order valence-electron chi connectivity index (χ1n) is 30.9. The van der Waals surface area contributed by atoms with Crippen LogP contribution in [-0.2, 0) is 28.6 Å². The molecule has 0 N–H and O–H groups in total. The number of hydrogen-bond donors (Lipinski definition) is 0. The van der Waals surface area contributed by atoms with Crippen LogP contribution in [0.5, 0.6) is 0 Å². The molecule has 0 heterocycles. The topological polar surface area (TPSA) is 78.9 Å². The molecule has 0 radical (unpaired) electrons. The smallest absolute Gasteiger partial charge is 0.306 e. The van der Waals surface area contributed by atoms with Crippen molar-refractivity contribution >= 4 is 17.9 Å². The van der Waals surface area contributed by atoms with E-state index < -0.39 is 6.10 Å². The molecule has 0 aromatic rings. The lowest BCUT2D eigenvalue weighted by atomic mass is 10.1. The van der Waals surface area contributed by atoms with E-state index in [-0.39, 0.29) is 31.1 Å². The summed E-state index contributed by atoms with van der Waals surface area (Å²) in [5.74, 6) is -0.903. The Bertz CT molecular complexity index is 1510. The molecule has 0 bridgehead atoms. The molecular formula is C68H114O6. The molecule has 6 nitrogen and oxygen atoms in total. The van der Waals surface area contributed by atoms with Crippen LogP contribution < -0.4 is 0 Å². The lowest BCUT2D eigenvalue weighted by Gasteiger charge is -2.18. The van der Waals surface area contributed by atoms with E-state index in [2.05, 4.69) is 130 Å². The zero-order valence-electron chi connectivity index (χ0n) is 48.3. The Labute approximate surface area is 457 Å². The minimum absolute atomic E-state index is 0.0850. The second-order valence-electron chi connectivity index (χ2n) is 20.2. The Morgan fingerprint density at radius 3 is 0.851 bits per heavy atom. The molecule has 1 atom stereocenters. The summed E-state index contributed by atoms with van der Waals surface area (Å²) in [4.78, 5) is 38.2. The van der Waals surface area contributed by atoms with Crippen LogP contribution in [0, 0.1) is 0 Å². The maximum Gasteiger partial charge on any atom is 0.306 e. The number of carbonyl (C=O) groups excluding carboxylic acids is 3. The molecule has 0 spiro atoms. The van der Waals surface area contributed by atoms with E-state index in [0.717, 1.165) is 128 Å². The van der Waals surface area contributed by atoms with Gasteiger partial charge in [-0.2, -0.15) is 0 Å². The third-order valence-electron chi connectivity index (χ3n) is 13.0. The molecule has 1 unspecified atom stereocenters. The molecular weight excluding hydrogens is 913 g/mol. The third-order valence-corrected chi connectivity index (χ3v) is 13.0. The minimum Gasteiger partial charge on any atom is -0.462 e. The van der Waals surface area contributed by atoms with E-state index in [0.29, 0.717) is 19.3 Å². The SMILES string of the molecule is CC/C=C\C/C=C\C/C=C\C/C=C\C/C=C\C/C=C\CCCCCCCCCCC(=O)OCC(COC(=O)CCCCCCCCCCCC)OC(=O)CCCCCCCC/C=C\C/C=C\C/C=C\CCCCC. The predicted molar refractivity (Wildman–Crippen MR) is 320 cm³/mol. The van der Waals surface area contributed by atoms with Crippen LogP contribution in [-0.4, -0.2) is 37.2 Å². The fourth-order valence-corrected chi connectivity index (χ4v) is 8.39. The average molecular weight is 1030 g/mol. The van der Waals surface area contributed by atoms with Crippen LogP contribution in [0.15, 0.2) is 109 Å². The molecule has 0 fully saturated rings. The van der Waals surface area contributed by atoms with E-state index >= 15 is 0 Å². The van der Waals surface area contributed by atoms with Gasteiger partial charge in [0, 0.05) is 19.3 Å². The Morgan fingerprint density at radius 2 is 0.527 bits per heavy atom. The lowest BCUT2D eigenvalue weighted by Crippen LogP contribution is -2.30. The first-order valence-corrected chi connectivity index (χ1v) is 30.9. The normalized spacial score (nSPS) is 12.9. The molecule has 0 aromatic carbocycles. The molecule has 0 aliphatic rings. The van der Waals surface area contributed by atoms with Crippen LogP contribution in [0.25, 0.3) is 0 Å². The molecule has 0 amide bonds. The highest BCUT2D eigenvalue weighted by molar-refractivity contribution is 5.71. The third kappa shape index (κ3) is 59.0. The molecule has 0 aromatic heterocycles. The van der Waals surface area contributed by atoms with Gasteiger partial charge in [-0.3, -0.25) is 14.4 Å². The van der Waals surface area contributed by atoms with E-state index in [4.69, 9.17) is 14.2 Å². The molecule has 0 saturated heterocycles. The van der Waals surface area contributed by atoms with Crippen molar-refractivity contribution in [3.63, 3.8) is 0 Å². The zero-order valence-corrected chi connectivity index (χ0v) is 48.3. The first-order chi connectivity index (χ1) is 36.5. The van der Waals surface area contributed by atoms with Crippen molar-refractivity contribution in [2.45, 2.75) is 290 Å². The number of rotatable bonds is 55. The van der Waals surface area contributed by atoms with Crippen LogP contribution in [0.1, 0.15) is 284 Å². The number of esters is 3. The molecule has 0 aliphatic heterocycles. The summed E-state index contributed by atoms with van der Waals surface area (Å²) < 4.78 is 16.9. The van der Waals surface area contributed by atoms with E-state index in [9.17, 15) is 14.4 Å². The Hall–Kier alpha value is -3.93. The van der Waals surface area contributed by atoms with E-state index in [1.54, 1.807) is 0 Å². The van der Waals surface area contributed by atoms with Crippen LogP contribution in [0.3, 0.4) is 0 Å². The van der Waals surface area contributed by atoms with Gasteiger partial charge in [-0.1, -0.05) is 265 Å². The largest absolute Gasteiger partial charge is 0.462 e. The van der Waals surface area contributed by atoms with Gasteiger partial charge in [0.1, 0.15) is 13.2 Å². The van der Waals surface area contributed by atoms with Gasteiger partial charge in [-0.15, -0.1) is 0 Å². The number of hydrogen-bond acceptors (Lipinski definition) is 6. The first kappa shape index (κ1) is 70.1. The maximum absolute atomic E-state index is 12.9. The quantitative estimate of drug-likeness (QED) is 0.0261. The average Bonchev–Trinajstić information content (AvgIpc) is 3.40. The van der Waals surface area contributed by atoms with Crippen molar-refractivity contribution in [2.24, 2.45) is 0 Å². The number of allylic oxidation sites excluding steroid dienone is 18. The maximum atomic E-state index is 12.9. The van der Waals surface area contributed by atoms with Crippen molar-refractivity contribution in [1.29, 1.82) is 0 Å². The second-order valence-corrected chi connectivity index (χ2v) is 20.2. The molecule has 74 heavy (non-hydrogen) atoms. The van der Waals surface area contributed by atoms with Gasteiger partial charge in [0.2, 0.25) is 0 Å². The fourth-order valence-electron chi connectivity index (χ4n) is 8.39. The monoisotopic (exact) mass is 1030 g/mol. The molecule has 6 heteroatoms. The highest BCUT2D eigenvalue weighted by Crippen LogP contribution is 2.15. The van der Waals surface area contributed by atoms with Gasteiger partial charge < -0.3 is 14.2 Å². The molecule has 0 aliphatic carbocycles. The Balaban J connectivity index is 4.31. The van der Waals surface area contributed by atoms with Crippen molar-refractivity contribution in [3.05, 3.63) is 109 Å². The summed E-state index contributed by atoms with van der Waals surface area (Å²) >= 11 is 0. The summed E-state index contributed by atoms with van der Waals surface area (Å²) in [6.07, 6.45) is 83.7. The van der Waals surface area contributed by atoms with Crippen LogP contribution in [0.4, 0.5) is 0 Å². The van der Waals surface area contributed by atoms with Gasteiger partial charge in [-0.05, 0) is 109 Å². The van der Waals surface area contributed by atoms with Crippen molar-refractivity contribution in [1.82, 2.24) is 0 Å². The minimum atomic E-state index is -0.789. The summed E-state index contributed by atoms with van der Waals surface area (Å²) in [5, 5.41) is 0. The summed E-state index contributed by atoms with van der Waals surface area (Å²) in [6, 6.07) is 0. The molecule has 0 saturated carbocycles. The molecule has 0 rings (SSSR count). The van der Waals surface area contributed by atoms with Crippen LogP contribution in [0.2, 0.25) is 0 Å². The van der Waals surface area contributed by atoms with Gasteiger partial charge >= 0.3 is 17.9 Å². The van der Waals surface area contributed by atoms with Gasteiger partial charge in [0.05, 0.1) is 0 Å². The van der Waals surface area contributed by atoms with E-state index in [1.165, 1.54) is 116 Å². The summed E-state index contributed by atoms with van der Waals surface area (Å²) in [7, 11) is 0.